The van der Waals surface area contributed by atoms with Gasteiger partial charge in [0.2, 0.25) is 0 Å². The van der Waals surface area contributed by atoms with Gasteiger partial charge in [-0.15, -0.1) is 0 Å². The molecule has 0 radical (unpaired) electrons. The fraction of sp³-hybridized carbons (Fsp3) is 0.733. The van der Waals surface area contributed by atoms with Crippen LogP contribution in [0.4, 0.5) is 0 Å². The highest BCUT2D eigenvalue weighted by molar-refractivity contribution is 5.33. The zero-order valence-corrected chi connectivity index (χ0v) is 12.2. The Balaban J connectivity index is 3.31. The lowest BCUT2D eigenvalue weighted by Crippen LogP contribution is -2.31. The summed E-state index contributed by atoms with van der Waals surface area (Å²) in [5.74, 6) is 0. The molecule has 0 saturated heterocycles. The summed E-state index contributed by atoms with van der Waals surface area (Å²) in [6, 6.07) is 0. The van der Waals surface area contributed by atoms with Gasteiger partial charge in [-0.25, -0.2) is 0 Å². The molecule has 1 heterocycles. The molecule has 0 aromatic carbocycles. The highest BCUT2D eigenvalue weighted by atomic mass is 15.1. The van der Waals surface area contributed by atoms with E-state index in [-0.39, 0.29) is 10.8 Å². The Bertz CT molecular complexity index is 331. The Kier molecular flexibility index (Phi) is 3.29. The van der Waals surface area contributed by atoms with Gasteiger partial charge in [0.1, 0.15) is 0 Å². The van der Waals surface area contributed by atoms with Gasteiger partial charge in [0, 0.05) is 24.4 Å². The van der Waals surface area contributed by atoms with Crippen molar-refractivity contribution in [2.75, 3.05) is 7.05 Å². The Hall–Kier alpha value is -0.720. The molecule has 16 heavy (non-hydrogen) atoms. The minimum Gasteiger partial charge on any atom is -0.354 e. The van der Waals surface area contributed by atoms with Gasteiger partial charge in [0.15, 0.2) is 0 Å². The van der Waals surface area contributed by atoms with Crippen molar-refractivity contribution >= 4 is 0 Å². The molecule has 0 atom stereocenters. The molecule has 1 nitrogen and oxygen atoms in total. The maximum Gasteiger partial charge on any atom is 0.0225 e. The summed E-state index contributed by atoms with van der Waals surface area (Å²) in [5.41, 5.74) is 5.01. The van der Waals surface area contributed by atoms with Crippen LogP contribution >= 0.6 is 0 Å². The minimum atomic E-state index is 0.217. The van der Waals surface area contributed by atoms with Gasteiger partial charge in [0.05, 0.1) is 0 Å². The van der Waals surface area contributed by atoms with Crippen LogP contribution in [0.3, 0.4) is 0 Å². The molecular formula is C15H27N. The van der Waals surface area contributed by atoms with Crippen molar-refractivity contribution in [3.63, 3.8) is 0 Å². The molecule has 0 unspecified atom stereocenters. The number of hydrogen-bond donors (Lipinski definition) is 0. The second-order valence-corrected chi connectivity index (χ2v) is 7.09. The smallest absolute Gasteiger partial charge is 0.0225 e. The molecule has 0 aromatic heterocycles. The van der Waals surface area contributed by atoms with Gasteiger partial charge in [-0.1, -0.05) is 47.1 Å². The lowest BCUT2D eigenvalue weighted by atomic mass is 9.74. The fourth-order valence-electron chi connectivity index (χ4n) is 2.62. The van der Waals surface area contributed by atoms with Gasteiger partial charge in [-0.2, -0.15) is 0 Å². The van der Waals surface area contributed by atoms with Gasteiger partial charge in [-0.05, 0) is 24.3 Å². The van der Waals surface area contributed by atoms with Gasteiger partial charge in [0.25, 0.3) is 0 Å². The van der Waals surface area contributed by atoms with Crippen LogP contribution in [0.15, 0.2) is 23.0 Å². The van der Waals surface area contributed by atoms with Gasteiger partial charge >= 0.3 is 0 Å². The van der Waals surface area contributed by atoms with E-state index in [1.807, 2.05) is 0 Å². The zero-order valence-electron chi connectivity index (χ0n) is 12.2. The average molecular weight is 221 g/mol. The van der Waals surface area contributed by atoms with E-state index in [4.69, 9.17) is 0 Å². The first-order chi connectivity index (χ1) is 7.03. The van der Waals surface area contributed by atoms with E-state index < -0.39 is 0 Å². The fourth-order valence-corrected chi connectivity index (χ4v) is 2.62. The van der Waals surface area contributed by atoms with E-state index in [2.05, 4.69) is 66.6 Å². The van der Waals surface area contributed by atoms with E-state index in [1.165, 1.54) is 11.3 Å². The molecule has 0 amide bonds. The van der Waals surface area contributed by atoms with E-state index in [9.17, 15) is 0 Å². The maximum atomic E-state index is 2.32. The quantitative estimate of drug-likeness (QED) is 0.579. The first-order valence-electron chi connectivity index (χ1n) is 6.17. The molecule has 1 rings (SSSR count). The topological polar surface area (TPSA) is 3.24 Å². The van der Waals surface area contributed by atoms with Crippen LogP contribution in [-0.4, -0.2) is 11.9 Å². The zero-order chi connectivity index (χ0) is 12.7. The third-order valence-corrected chi connectivity index (χ3v) is 3.12. The van der Waals surface area contributed by atoms with E-state index in [0.29, 0.717) is 0 Å². The highest BCUT2D eigenvalue weighted by Gasteiger charge is 2.31. The van der Waals surface area contributed by atoms with Crippen LogP contribution in [0.1, 0.15) is 54.9 Å². The second kappa shape index (κ2) is 3.94. The van der Waals surface area contributed by atoms with E-state index in [1.54, 1.807) is 5.57 Å². The molecule has 1 aliphatic rings. The highest BCUT2D eigenvalue weighted by Crippen LogP contribution is 2.43. The summed E-state index contributed by atoms with van der Waals surface area (Å²) >= 11 is 0. The average Bonchev–Trinajstić information content (AvgIpc) is 1.97. The third-order valence-electron chi connectivity index (χ3n) is 3.12. The Morgan fingerprint density at radius 2 is 1.50 bits per heavy atom. The largest absolute Gasteiger partial charge is 0.354 e. The third kappa shape index (κ3) is 2.69. The molecule has 92 valence electrons. The second-order valence-electron chi connectivity index (χ2n) is 7.09. The van der Waals surface area contributed by atoms with Crippen LogP contribution in [0.5, 0.6) is 0 Å². The molecule has 0 saturated carbocycles. The van der Waals surface area contributed by atoms with Crippen LogP contribution in [0, 0.1) is 10.8 Å². The first kappa shape index (κ1) is 13.3. The number of rotatable bonds is 0. The van der Waals surface area contributed by atoms with Crippen LogP contribution in [-0.2, 0) is 0 Å². The van der Waals surface area contributed by atoms with Crippen molar-refractivity contribution in [3.05, 3.63) is 23.0 Å². The van der Waals surface area contributed by atoms with Gasteiger partial charge < -0.3 is 4.90 Å². The van der Waals surface area contributed by atoms with Crippen LogP contribution in [0.2, 0.25) is 0 Å². The standard InChI is InChI=1S/C15H27N/c1-11-9-12(14(2,3)4)13(15(5,6)7)16(8)10-11/h10H,9H2,1-8H3. The summed E-state index contributed by atoms with van der Waals surface area (Å²) in [6.45, 7) is 16.1. The summed E-state index contributed by atoms with van der Waals surface area (Å²) in [7, 11) is 2.18. The predicted molar refractivity (Wildman–Crippen MR) is 72.1 cm³/mol. The first-order valence-corrected chi connectivity index (χ1v) is 6.17. The molecule has 0 aromatic rings. The van der Waals surface area contributed by atoms with Crippen molar-refractivity contribution in [1.82, 2.24) is 4.90 Å². The summed E-state index contributed by atoms with van der Waals surface area (Å²) in [5, 5.41) is 0. The Morgan fingerprint density at radius 1 is 1.00 bits per heavy atom. The van der Waals surface area contributed by atoms with Crippen molar-refractivity contribution in [1.29, 1.82) is 0 Å². The van der Waals surface area contributed by atoms with E-state index in [0.717, 1.165) is 6.42 Å². The van der Waals surface area contributed by atoms with Crippen LogP contribution in [0.25, 0.3) is 0 Å². The normalized spacial score (nSPS) is 19.0. The molecule has 1 heteroatoms. The molecule has 0 spiro atoms. The van der Waals surface area contributed by atoms with Crippen molar-refractivity contribution < 1.29 is 0 Å². The summed E-state index contributed by atoms with van der Waals surface area (Å²) in [6.07, 6.45) is 3.40. The maximum absolute atomic E-state index is 2.32. The molecule has 0 aliphatic carbocycles. The Morgan fingerprint density at radius 3 is 1.88 bits per heavy atom. The summed E-state index contributed by atoms with van der Waals surface area (Å²) in [4.78, 5) is 2.32. The van der Waals surface area contributed by atoms with Gasteiger partial charge in [-0.3, -0.25) is 0 Å². The lowest BCUT2D eigenvalue weighted by molar-refractivity contribution is 0.331. The summed E-state index contributed by atoms with van der Waals surface area (Å²) < 4.78 is 0. The molecule has 0 N–H and O–H groups in total. The monoisotopic (exact) mass is 221 g/mol. The molecule has 0 fully saturated rings. The number of nitrogens with zero attached hydrogens (tertiary/aromatic N) is 1. The SMILES string of the molecule is CC1=CN(C)C(C(C)(C)C)=C(C(C)(C)C)C1. The number of allylic oxidation sites excluding steroid dienone is 3. The van der Waals surface area contributed by atoms with Crippen molar-refractivity contribution in [3.8, 4) is 0 Å². The predicted octanol–water partition coefficient (Wildman–Crippen LogP) is 4.57. The molecular weight excluding hydrogens is 194 g/mol. The van der Waals surface area contributed by atoms with Crippen molar-refractivity contribution in [2.24, 2.45) is 10.8 Å². The van der Waals surface area contributed by atoms with Crippen molar-refractivity contribution in [2.45, 2.75) is 54.9 Å². The minimum absolute atomic E-state index is 0.217. The van der Waals surface area contributed by atoms with Crippen LogP contribution < -0.4 is 0 Å². The molecule has 1 aliphatic heterocycles. The molecule has 0 bridgehead atoms. The van der Waals surface area contributed by atoms with E-state index >= 15 is 0 Å². The Labute approximate surface area is 101 Å². The lowest BCUT2D eigenvalue weighted by Gasteiger charge is -2.40. The number of hydrogen-bond acceptors (Lipinski definition) is 1.